The summed E-state index contributed by atoms with van der Waals surface area (Å²) >= 11 is 0. The zero-order valence-corrected chi connectivity index (χ0v) is 12.2. The van der Waals surface area contributed by atoms with Crippen LogP contribution in [0.15, 0.2) is 23.4 Å². The largest absolute Gasteiger partial charge is 0.352 e. The summed E-state index contributed by atoms with van der Waals surface area (Å²) in [5, 5.41) is 8.18. The van der Waals surface area contributed by atoms with E-state index in [9.17, 15) is 17.6 Å². The molecule has 1 amide bonds. The minimum atomic E-state index is -3.52. The van der Waals surface area contributed by atoms with E-state index in [0.29, 0.717) is 6.54 Å². The van der Waals surface area contributed by atoms with Crippen molar-refractivity contribution < 1.29 is 17.6 Å². The third kappa shape index (κ3) is 3.24. The minimum absolute atomic E-state index is 0.0387. The first-order chi connectivity index (χ1) is 9.82. The highest BCUT2D eigenvalue weighted by Gasteiger charge is 2.17. The van der Waals surface area contributed by atoms with Crippen LogP contribution in [0.1, 0.15) is 17.3 Å². The quantitative estimate of drug-likeness (QED) is 0.867. The van der Waals surface area contributed by atoms with Gasteiger partial charge < -0.3 is 5.32 Å². The van der Waals surface area contributed by atoms with Gasteiger partial charge >= 0.3 is 0 Å². The molecule has 1 heterocycles. The number of H-pyrrole nitrogens is 1. The smallest absolute Gasteiger partial charge is 0.254 e. The summed E-state index contributed by atoms with van der Waals surface area (Å²) in [6.45, 7) is 2.11. The number of carbonyl (C=O) groups excluding carboxylic acids is 1. The molecule has 0 fully saturated rings. The van der Waals surface area contributed by atoms with Gasteiger partial charge in [-0.1, -0.05) is 6.07 Å². The fraction of sp³-hybridized carbons (Fsp3) is 0.250. The van der Waals surface area contributed by atoms with Crippen LogP contribution in [0.4, 0.5) is 4.39 Å². The highest BCUT2D eigenvalue weighted by Crippen LogP contribution is 2.19. The molecule has 21 heavy (non-hydrogen) atoms. The Morgan fingerprint density at radius 2 is 2.14 bits per heavy atom. The molecule has 0 atom stereocenters. The van der Waals surface area contributed by atoms with Crippen LogP contribution >= 0.6 is 0 Å². The van der Waals surface area contributed by atoms with E-state index < -0.39 is 21.6 Å². The molecule has 2 N–H and O–H groups in total. The topological polar surface area (TPSA) is 105 Å². The van der Waals surface area contributed by atoms with E-state index in [2.05, 4.69) is 20.5 Å². The summed E-state index contributed by atoms with van der Waals surface area (Å²) in [4.78, 5) is 15.4. The van der Waals surface area contributed by atoms with Crippen LogP contribution in [0.5, 0.6) is 0 Å². The van der Waals surface area contributed by atoms with Crippen LogP contribution in [-0.2, 0) is 9.84 Å². The van der Waals surface area contributed by atoms with Crippen LogP contribution in [0, 0.1) is 5.82 Å². The number of carbonyl (C=O) groups is 1. The maximum absolute atomic E-state index is 13.9. The highest BCUT2D eigenvalue weighted by molar-refractivity contribution is 7.90. The van der Waals surface area contributed by atoms with Crippen molar-refractivity contribution in [3.8, 4) is 11.4 Å². The lowest BCUT2D eigenvalue weighted by Gasteiger charge is -2.04. The lowest BCUT2D eigenvalue weighted by atomic mass is 10.1. The van der Waals surface area contributed by atoms with Gasteiger partial charge in [0.1, 0.15) is 5.82 Å². The highest BCUT2D eigenvalue weighted by atomic mass is 32.2. The number of aromatic nitrogens is 3. The molecule has 1 aromatic carbocycles. The van der Waals surface area contributed by atoms with Gasteiger partial charge in [0.2, 0.25) is 15.0 Å². The number of hydrogen-bond acceptors (Lipinski definition) is 5. The third-order valence-electron chi connectivity index (χ3n) is 2.63. The number of aromatic amines is 1. The lowest BCUT2D eigenvalue weighted by molar-refractivity contribution is 0.0952. The van der Waals surface area contributed by atoms with Crippen LogP contribution in [0.2, 0.25) is 0 Å². The molecule has 0 radical (unpaired) electrons. The summed E-state index contributed by atoms with van der Waals surface area (Å²) in [7, 11) is -3.52. The summed E-state index contributed by atoms with van der Waals surface area (Å²) in [5.41, 5.74) is 0.172. The average molecular weight is 312 g/mol. The number of nitrogens with one attached hydrogen (secondary N) is 2. The predicted molar refractivity (Wildman–Crippen MR) is 72.9 cm³/mol. The molecular weight excluding hydrogens is 299 g/mol. The van der Waals surface area contributed by atoms with E-state index in [-0.39, 0.29) is 22.1 Å². The first-order valence-electron chi connectivity index (χ1n) is 6.03. The zero-order valence-electron chi connectivity index (χ0n) is 11.3. The summed E-state index contributed by atoms with van der Waals surface area (Å²) in [6, 6.07) is 3.83. The SMILES string of the molecule is CCNC(=O)c1ccc(-c2n[nH]c(S(C)(=O)=O)n2)cc1F. The van der Waals surface area contributed by atoms with Crippen molar-refractivity contribution >= 4 is 15.7 Å². The average Bonchev–Trinajstić information content (AvgIpc) is 2.88. The predicted octanol–water partition coefficient (Wildman–Crippen LogP) is 0.764. The Morgan fingerprint density at radius 3 is 2.67 bits per heavy atom. The van der Waals surface area contributed by atoms with Crippen LogP contribution in [-0.4, -0.2) is 42.3 Å². The number of nitrogens with zero attached hydrogens (tertiary/aromatic N) is 2. The summed E-state index contributed by atoms with van der Waals surface area (Å²) in [6.07, 6.45) is 0.982. The Balaban J connectivity index is 2.36. The van der Waals surface area contributed by atoms with Gasteiger partial charge in [0.15, 0.2) is 5.82 Å². The molecule has 2 rings (SSSR count). The normalized spacial score (nSPS) is 11.4. The third-order valence-corrected chi connectivity index (χ3v) is 3.51. The van der Waals surface area contributed by atoms with Crippen molar-refractivity contribution in [2.24, 2.45) is 0 Å². The molecule has 0 unspecified atom stereocenters. The molecule has 0 bridgehead atoms. The second-order valence-corrected chi connectivity index (χ2v) is 6.22. The van der Waals surface area contributed by atoms with Gasteiger partial charge in [-0.25, -0.2) is 17.9 Å². The maximum Gasteiger partial charge on any atom is 0.254 e. The number of amides is 1. The van der Waals surface area contributed by atoms with Crippen LogP contribution in [0.3, 0.4) is 0 Å². The number of sulfone groups is 1. The van der Waals surface area contributed by atoms with Crippen LogP contribution in [0.25, 0.3) is 11.4 Å². The minimum Gasteiger partial charge on any atom is -0.352 e. The van der Waals surface area contributed by atoms with E-state index >= 15 is 0 Å². The van der Waals surface area contributed by atoms with Gasteiger partial charge in [0.05, 0.1) is 5.56 Å². The van der Waals surface area contributed by atoms with E-state index in [1.165, 1.54) is 12.1 Å². The Labute approximate surface area is 120 Å². The molecule has 0 saturated heterocycles. The van der Waals surface area contributed by atoms with E-state index in [0.717, 1.165) is 12.3 Å². The van der Waals surface area contributed by atoms with Crippen molar-refractivity contribution in [1.29, 1.82) is 0 Å². The van der Waals surface area contributed by atoms with Crippen molar-refractivity contribution in [2.75, 3.05) is 12.8 Å². The van der Waals surface area contributed by atoms with Crippen LogP contribution < -0.4 is 5.32 Å². The van der Waals surface area contributed by atoms with Gasteiger partial charge in [0, 0.05) is 18.4 Å². The van der Waals surface area contributed by atoms with Crippen molar-refractivity contribution in [3.63, 3.8) is 0 Å². The molecule has 2 aromatic rings. The molecule has 0 saturated carbocycles. The van der Waals surface area contributed by atoms with Gasteiger partial charge in [0.25, 0.3) is 5.91 Å². The van der Waals surface area contributed by atoms with Crippen molar-refractivity contribution in [3.05, 3.63) is 29.6 Å². The fourth-order valence-electron chi connectivity index (χ4n) is 1.64. The van der Waals surface area contributed by atoms with Gasteiger partial charge in [-0.15, -0.1) is 0 Å². The second kappa shape index (κ2) is 5.60. The van der Waals surface area contributed by atoms with E-state index in [4.69, 9.17) is 0 Å². The molecule has 0 aliphatic heterocycles. The van der Waals surface area contributed by atoms with Crippen molar-refractivity contribution in [1.82, 2.24) is 20.5 Å². The van der Waals surface area contributed by atoms with Gasteiger partial charge in [-0.3, -0.25) is 4.79 Å². The summed E-state index contributed by atoms with van der Waals surface area (Å²) in [5.74, 6) is -1.21. The number of halogens is 1. The number of rotatable bonds is 4. The van der Waals surface area contributed by atoms with E-state index in [1.807, 2.05) is 0 Å². The van der Waals surface area contributed by atoms with Crippen molar-refractivity contribution in [2.45, 2.75) is 12.1 Å². The maximum atomic E-state index is 13.9. The fourth-order valence-corrected chi connectivity index (χ4v) is 2.10. The molecular formula is C12H13FN4O3S. The molecule has 1 aromatic heterocycles. The number of hydrogen-bond donors (Lipinski definition) is 2. The molecule has 0 aliphatic rings. The molecule has 9 heteroatoms. The monoisotopic (exact) mass is 312 g/mol. The first-order valence-corrected chi connectivity index (χ1v) is 7.92. The standard InChI is InChI=1S/C12H13FN4O3S/c1-3-14-11(18)8-5-4-7(6-9(8)13)10-15-12(17-16-10)21(2,19)20/h4-6H,3H2,1-2H3,(H,14,18)(H,15,16,17). The van der Waals surface area contributed by atoms with Gasteiger partial charge in [-0.05, 0) is 19.1 Å². The van der Waals surface area contributed by atoms with Gasteiger partial charge in [-0.2, -0.15) is 10.1 Å². The molecule has 0 spiro atoms. The number of benzene rings is 1. The molecule has 7 nitrogen and oxygen atoms in total. The Kier molecular flexibility index (Phi) is 4.03. The first kappa shape index (κ1) is 15.1. The second-order valence-electron chi connectivity index (χ2n) is 4.29. The zero-order chi connectivity index (χ0) is 15.6. The Bertz CT molecular complexity index is 786. The molecule has 112 valence electrons. The Morgan fingerprint density at radius 1 is 1.43 bits per heavy atom. The Hall–Kier alpha value is -2.29. The van der Waals surface area contributed by atoms with E-state index in [1.54, 1.807) is 6.92 Å². The summed E-state index contributed by atoms with van der Waals surface area (Å²) < 4.78 is 36.5. The lowest BCUT2D eigenvalue weighted by Crippen LogP contribution is -2.23. The molecule has 0 aliphatic carbocycles.